The number of aromatic nitrogens is 2. The number of carbonyl (C=O) groups excluding carboxylic acids is 1. The third kappa shape index (κ3) is 3.72. The van der Waals surface area contributed by atoms with Crippen molar-refractivity contribution in [2.45, 2.75) is 0 Å². The molecule has 2 N–H and O–H groups in total. The summed E-state index contributed by atoms with van der Waals surface area (Å²) < 4.78 is 0. The van der Waals surface area contributed by atoms with E-state index in [1.807, 2.05) is 24.3 Å². The molecule has 0 unspecified atom stereocenters. The van der Waals surface area contributed by atoms with Gasteiger partial charge in [0.2, 0.25) is 0 Å². The minimum Gasteiger partial charge on any atom is -0.339 e. The lowest BCUT2D eigenvalue weighted by Gasteiger charge is -2.06. The predicted molar refractivity (Wildman–Crippen MR) is 90.9 cm³/mol. The Hall–Kier alpha value is -3.72. The number of amides is 1. The molecule has 3 rings (SSSR count). The Balaban J connectivity index is 1.69. The molecular formula is C18H13N5O. The van der Waals surface area contributed by atoms with Crippen LogP contribution in [-0.2, 0) is 0 Å². The van der Waals surface area contributed by atoms with Gasteiger partial charge in [-0.05, 0) is 42.5 Å². The molecule has 0 fully saturated rings. The van der Waals surface area contributed by atoms with Crippen LogP contribution in [0.25, 0.3) is 0 Å². The van der Waals surface area contributed by atoms with Crippen molar-refractivity contribution < 1.29 is 4.79 Å². The van der Waals surface area contributed by atoms with Crippen molar-refractivity contribution in [3.8, 4) is 6.07 Å². The van der Waals surface area contributed by atoms with Crippen LogP contribution in [0.2, 0.25) is 0 Å². The maximum atomic E-state index is 12.1. The Morgan fingerprint density at radius 3 is 2.42 bits per heavy atom. The van der Waals surface area contributed by atoms with Gasteiger partial charge in [-0.2, -0.15) is 5.26 Å². The monoisotopic (exact) mass is 315 g/mol. The average molecular weight is 315 g/mol. The number of anilines is 3. The summed E-state index contributed by atoms with van der Waals surface area (Å²) in [5.41, 5.74) is 2.19. The van der Waals surface area contributed by atoms with Crippen molar-refractivity contribution in [2.24, 2.45) is 0 Å². The Labute approximate surface area is 138 Å². The van der Waals surface area contributed by atoms with Crippen LogP contribution >= 0.6 is 0 Å². The van der Waals surface area contributed by atoms with Crippen LogP contribution < -0.4 is 10.6 Å². The zero-order valence-corrected chi connectivity index (χ0v) is 12.6. The summed E-state index contributed by atoms with van der Waals surface area (Å²) in [5.74, 6) is 0.160. The fraction of sp³-hybridized carbons (Fsp3) is 0. The molecule has 0 spiro atoms. The number of benzene rings is 2. The van der Waals surface area contributed by atoms with Gasteiger partial charge in [-0.1, -0.05) is 24.3 Å². The quantitative estimate of drug-likeness (QED) is 0.770. The first kappa shape index (κ1) is 15.2. The average Bonchev–Trinajstić information content (AvgIpc) is 2.63. The summed E-state index contributed by atoms with van der Waals surface area (Å²) in [4.78, 5) is 12.1. The molecule has 6 nitrogen and oxygen atoms in total. The molecule has 2 aromatic carbocycles. The van der Waals surface area contributed by atoms with Gasteiger partial charge in [-0.15, -0.1) is 10.2 Å². The van der Waals surface area contributed by atoms with Crippen molar-refractivity contribution >= 4 is 23.1 Å². The first-order valence-corrected chi connectivity index (χ1v) is 7.22. The maximum absolute atomic E-state index is 12.1. The summed E-state index contributed by atoms with van der Waals surface area (Å²) in [6.45, 7) is 0. The highest BCUT2D eigenvalue weighted by molar-refractivity contribution is 6.02. The number of hydrogen-bond acceptors (Lipinski definition) is 5. The second kappa shape index (κ2) is 7.03. The van der Waals surface area contributed by atoms with Crippen LogP contribution in [0.5, 0.6) is 0 Å². The molecule has 24 heavy (non-hydrogen) atoms. The lowest BCUT2D eigenvalue weighted by Crippen LogP contribution is -2.14. The second-order valence-electron chi connectivity index (χ2n) is 4.94. The molecule has 6 heteroatoms. The Morgan fingerprint density at radius 1 is 0.917 bits per heavy atom. The van der Waals surface area contributed by atoms with E-state index in [0.29, 0.717) is 17.1 Å². The minimum atomic E-state index is -0.327. The summed E-state index contributed by atoms with van der Waals surface area (Å²) in [7, 11) is 0. The summed E-state index contributed by atoms with van der Waals surface area (Å²) >= 11 is 0. The Kier molecular flexibility index (Phi) is 4.45. The van der Waals surface area contributed by atoms with Gasteiger partial charge >= 0.3 is 0 Å². The molecule has 0 aliphatic heterocycles. The molecule has 1 amide bonds. The topological polar surface area (TPSA) is 90.7 Å². The van der Waals surface area contributed by atoms with Gasteiger partial charge < -0.3 is 10.6 Å². The van der Waals surface area contributed by atoms with Gasteiger partial charge in [-0.3, -0.25) is 4.79 Å². The molecule has 0 radical (unpaired) electrons. The van der Waals surface area contributed by atoms with Crippen LogP contribution in [0.4, 0.5) is 17.2 Å². The fourth-order valence-electron chi connectivity index (χ4n) is 2.05. The zero-order chi connectivity index (χ0) is 16.8. The number of nitriles is 1. The number of para-hydroxylation sites is 1. The SMILES string of the molecule is N#Cc1cccc(Nc2ccc(C(=O)Nc3ccccc3)nn2)c1. The zero-order valence-electron chi connectivity index (χ0n) is 12.6. The number of nitrogens with one attached hydrogen (secondary N) is 2. The van der Waals surface area contributed by atoms with Gasteiger partial charge in [0.05, 0.1) is 11.6 Å². The molecule has 1 aromatic heterocycles. The number of nitrogens with zero attached hydrogens (tertiary/aromatic N) is 3. The van der Waals surface area contributed by atoms with E-state index < -0.39 is 0 Å². The minimum absolute atomic E-state index is 0.218. The van der Waals surface area contributed by atoms with Crippen molar-refractivity contribution in [1.82, 2.24) is 10.2 Å². The molecule has 3 aromatic rings. The van der Waals surface area contributed by atoms with E-state index in [0.717, 1.165) is 5.69 Å². The molecule has 116 valence electrons. The third-order valence-corrected chi connectivity index (χ3v) is 3.19. The lowest BCUT2D eigenvalue weighted by molar-refractivity contribution is 0.102. The van der Waals surface area contributed by atoms with E-state index in [4.69, 9.17) is 5.26 Å². The van der Waals surface area contributed by atoms with Crippen LogP contribution in [0.1, 0.15) is 16.1 Å². The normalized spacial score (nSPS) is 9.79. The highest BCUT2D eigenvalue weighted by Gasteiger charge is 2.08. The van der Waals surface area contributed by atoms with Crippen LogP contribution in [-0.4, -0.2) is 16.1 Å². The van der Waals surface area contributed by atoms with E-state index in [-0.39, 0.29) is 11.6 Å². The second-order valence-corrected chi connectivity index (χ2v) is 4.94. The van der Waals surface area contributed by atoms with Gasteiger partial charge in [0.1, 0.15) is 0 Å². The van der Waals surface area contributed by atoms with E-state index in [1.54, 1.807) is 42.5 Å². The van der Waals surface area contributed by atoms with Gasteiger partial charge in [-0.25, -0.2) is 0 Å². The van der Waals surface area contributed by atoms with E-state index in [9.17, 15) is 4.79 Å². The van der Waals surface area contributed by atoms with E-state index >= 15 is 0 Å². The standard InChI is InChI=1S/C18H13N5O/c19-12-13-5-4-8-15(11-13)20-17-10-9-16(22-23-17)18(24)21-14-6-2-1-3-7-14/h1-11H,(H,20,23)(H,21,24). The summed E-state index contributed by atoms with van der Waals surface area (Å²) in [5, 5.41) is 22.6. The fourth-order valence-corrected chi connectivity index (χ4v) is 2.05. The van der Waals surface area contributed by atoms with Crippen molar-refractivity contribution in [2.75, 3.05) is 10.6 Å². The summed E-state index contributed by atoms with van der Waals surface area (Å²) in [6.07, 6.45) is 0. The van der Waals surface area contributed by atoms with Crippen molar-refractivity contribution in [1.29, 1.82) is 5.26 Å². The van der Waals surface area contributed by atoms with E-state index in [2.05, 4.69) is 26.9 Å². The molecule has 0 aliphatic carbocycles. The van der Waals surface area contributed by atoms with Crippen LogP contribution in [0.15, 0.2) is 66.7 Å². The molecule has 0 saturated carbocycles. The van der Waals surface area contributed by atoms with Gasteiger partial charge in [0, 0.05) is 11.4 Å². The van der Waals surface area contributed by atoms with Crippen LogP contribution in [0.3, 0.4) is 0 Å². The van der Waals surface area contributed by atoms with Gasteiger partial charge in [0.15, 0.2) is 11.5 Å². The summed E-state index contributed by atoms with van der Waals surface area (Å²) in [6, 6.07) is 21.5. The Morgan fingerprint density at radius 2 is 1.71 bits per heavy atom. The first-order chi connectivity index (χ1) is 11.7. The molecule has 0 aliphatic rings. The smallest absolute Gasteiger partial charge is 0.276 e. The number of carbonyl (C=O) groups is 1. The third-order valence-electron chi connectivity index (χ3n) is 3.19. The maximum Gasteiger partial charge on any atom is 0.276 e. The highest BCUT2D eigenvalue weighted by Crippen LogP contribution is 2.15. The lowest BCUT2D eigenvalue weighted by atomic mass is 10.2. The number of rotatable bonds is 4. The van der Waals surface area contributed by atoms with Gasteiger partial charge in [0.25, 0.3) is 5.91 Å². The molecule has 0 saturated heterocycles. The molecule has 1 heterocycles. The largest absolute Gasteiger partial charge is 0.339 e. The molecule has 0 atom stereocenters. The van der Waals surface area contributed by atoms with E-state index in [1.165, 1.54) is 0 Å². The van der Waals surface area contributed by atoms with Crippen molar-refractivity contribution in [3.05, 3.63) is 78.0 Å². The predicted octanol–water partition coefficient (Wildman–Crippen LogP) is 3.34. The van der Waals surface area contributed by atoms with Crippen LogP contribution in [0, 0.1) is 11.3 Å². The first-order valence-electron chi connectivity index (χ1n) is 7.22. The Bertz CT molecular complexity index is 885. The number of hydrogen-bond donors (Lipinski definition) is 2. The highest BCUT2D eigenvalue weighted by atomic mass is 16.1. The molecule has 0 bridgehead atoms. The molecular weight excluding hydrogens is 302 g/mol. The van der Waals surface area contributed by atoms with Crippen molar-refractivity contribution in [3.63, 3.8) is 0 Å².